The molecule has 37 heavy (non-hydrogen) atoms. The SMILES string of the molecule is C=CCN1CCC(N2CCc3cc4nc(C)nc(N[C@H](C)c5cc(N)cc(C(F)(F)F)c5)c4cc32)CC1. The van der Waals surface area contributed by atoms with Crippen molar-refractivity contribution < 1.29 is 13.2 Å². The minimum atomic E-state index is -4.46. The molecule has 0 aliphatic carbocycles. The number of nitrogens with one attached hydrogen (secondary N) is 1. The molecule has 1 atom stereocenters. The summed E-state index contributed by atoms with van der Waals surface area (Å²) in [7, 11) is 0. The molecule has 3 N–H and O–H groups in total. The molecule has 6 nitrogen and oxygen atoms in total. The molecule has 5 rings (SSSR count). The molecule has 1 saturated heterocycles. The van der Waals surface area contributed by atoms with Crippen molar-refractivity contribution in [2.75, 3.05) is 42.1 Å². The third-order valence-corrected chi connectivity index (χ3v) is 7.48. The summed E-state index contributed by atoms with van der Waals surface area (Å²) in [5, 5.41) is 4.21. The molecular formula is C28H33F3N6. The van der Waals surface area contributed by atoms with Crippen LogP contribution in [0, 0.1) is 6.92 Å². The van der Waals surface area contributed by atoms with Crippen LogP contribution in [0.2, 0.25) is 0 Å². The lowest BCUT2D eigenvalue weighted by Crippen LogP contribution is -2.44. The minimum Gasteiger partial charge on any atom is -0.399 e. The van der Waals surface area contributed by atoms with Gasteiger partial charge in [0.25, 0.3) is 0 Å². The number of aromatic nitrogens is 2. The third-order valence-electron chi connectivity index (χ3n) is 7.48. The number of hydrogen-bond donors (Lipinski definition) is 2. The third kappa shape index (κ3) is 5.23. The number of piperidine rings is 1. The molecule has 196 valence electrons. The number of nitrogens with zero attached hydrogens (tertiary/aromatic N) is 4. The number of rotatable bonds is 6. The van der Waals surface area contributed by atoms with Gasteiger partial charge in [-0.3, -0.25) is 4.90 Å². The van der Waals surface area contributed by atoms with Crippen LogP contribution in [0.5, 0.6) is 0 Å². The maximum absolute atomic E-state index is 13.4. The predicted molar refractivity (Wildman–Crippen MR) is 143 cm³/mol. The zero-order valence-corrected chi connectivity index (χ0v) is 21.3. The number of benzene rings is 2. The first kappa shape index (κ1) is 25.3. The van der Waals surface area contributed by atoms with E-state index < -0.39 is 17.8 Å². The number of aryl methyl sites for hydroxylation is 1. The smallest absolute Gasteiger partial charge is 0.399 e. The Morgan fingerprint density at radius 2 is 1.89 bits per heavy atom. The van der Waals surface area contributed by atoms with Gasteiger partial charge >= 0.3 is 6.18 Å². The molecule has 0 spiro atoms. The number of anilines is 3. The van der Waals surface area contributed by atoms with Gasteiger partial charge in [-0.1, -0.05) is 6.08 Å². The van der Waals surface area contributed by atoms with Gasteiger partial charge in [-0.15, -0.1) is 6.58 Å². The van der Waals surface area contributed by atoms with E-state index in [9.17, 15) is 13.2 Å². The van der Waals surface area contributed by atoms with Crippen molar-refractivity contribution in [2.24, 2.45) is 0 Å². The molecule has 3 heterocycles. The number of nitrogens with two attached hydrogens (primary N) is 1. The molecule has 9 heteroatoms. The van der Waals surface area contributed by atoms with E-state index in [0.29, 0.717) is 23.2 Å². The number of hydrogen-bond acceptors (Lipinski definition) is 6. The molecule has 0 bridgehead atoms. The van der Waals surface area contributed by atoms with Crippen LogP contribution in [0.3, 0.4) is 0 Å². The van der Waals surface area contributed by atoms with Gasteiger partial charge in [0.1, 0.15) is 11.6 Å². The highest BCUT2D eigenvalue weighted by Gasteiger charge is 2.32. The van der Waals surface area contributed by atoms with Crippen molar-refractivity contribution >= 4 is 28.1 Å². The quantitative estimate of drug-likeness (QED) is 0.326. The van der Waals surface area contributed by atoms with E-state index in [0.717, 1.165) is 68.5 Å². The van der Waals surface area contributed by atoms with Crippen LogP contribution < -0.4 is 16.0 Å². The summed E-state index contributed by atoms with van der Waals surface area (Å²) < 4.78 is 40.1. The molecular weight excluding hydrogens is 477 g/mol. The van der Waals surface area contributed by atoms with E-state index in [1.54, 1.807) is 6.07 Å². The average molecular weight is 511 g/mol. The average Bonchev–Trinajstić information content (AvgIpc) is 3.25. The Labute approximate surface area is 215 Å². The predicted octanol–water partition coefficient (Wildman–Crippen LogP) is 5.73. The van der Waals surface area contributed by atoms with Crippen molar-refractivity contribution in [1.82, 2.24) is 14.9 Å². The van der Waals surface area contributed by atoms with Crippen molar-refractivity contribution in [2.45, 2.75) is 51.4 Å². The van der Waals surface area contributed by atoms with E-state index in [4.69, 9.17) is 5.73 Å². The van der Waals surface area contributed by atoms with E-state index in [2.05, 4.69) is 43.8 Å². The highest BCUT2D eigenvalue weighted by molar-refractivity contribution is 5.93. The Morgan fingerprint density at radius 3 is 2.59 bits per heavy atom. The Balaban J connectivity index is 1.45. The van der Waals surface area contributed by atoms with Crippen LogP contribution in [-0.2, 0) is 12.6 Å². The molecule has 0 saturated carbocycles. The number of likely N-dealkylation sites (tertiary alicyclic amines) is 1. The molecule has 1 fully saturated rings. The van der Waals surface area contributed by atoms with Gasteiger partial charge in [-0.05, 0) is 74.6 Å². The first-order valence-electron chi connectivity index (χ1n) is 12.8. The van der Waals surface area contributed by atoms with Crippen molar-refractivity contribution in [1.29, 1.82) is 0 Å². The topological polar surface area (TPSA) is 70.3 Å². The van der Waals surface area contributed by atoms with E-state index >= 15 is 0 Å². The summed E-state index contributed by atoms with van der Waals surface area (Å²) in [5.74, 6) is 1.22. The largest absolute Gasteiger partial charge is 0.416 e. The maximum atomic E-state index is 13.4. The van der Waals surface area contributed by atoms with Gasteiger partial charge in [0.2, 0.25) is 0 Å². The lowest BCUT2D eigenvalue weighted by Gasteiger charge is -2.37. The Kier molecular flexibility index (Phi) is 6.74. The molecule has 2 aliphatic heterocycles. The van der Waals surface area contributed by atoms with Crippen LogP contribution in [0.15, 0.2) is 43.0 Å². The number of fused-ring (bicyclic) bond motifs is 2. The van der Waals surface area contributed by atoms with Crippen molar-refractivity contribution in [3.05, 3.63) is 65.5 Å². The molecule has 1 aromatic heterocycles. The fourth-order valence-electron chi connectivity index (χ4n) is 5.62. The summed E-state index contributed by atoms with van der Waals surface area (Å²) in [6, 6.07) is 8.01. The summed E-state index contributed by atoms with van der Waals surface area (Å²) in [4.78, 5) is 14.3. The fraction of sp³-hybridized carbons (Fsp3) is 0.429. The van der Waals surface area contributed by atoms with Gasteiger partial charge < -0.3 is 16.0 Å². The Hall–Kier alpha value is -3.33. The van der Waals surface area contributed by atoms with Gasteiger partial charge in [-0.2, -0.15) is 13.2 Å². The minimum absolute atomic E-state index is 0.0785. The summed E-state index contributed by atoms with van der Waals surface area (Å²) >= 11 is 0. The van der Waals surface area contributed by atoms with Gasteiger partial charge in [0.05, 0.1) is 17.1 Å². The molecule has 2 aromatic carbocycles. The van der Waals surface area contributed by atoms with Crippen LogP contribution in [0.4, 0.5) is 30.4 Å². The van der Waals surface area contributed by atoms with Gasteiger partial charge in [-0.25, -0.2) is 9.97 Å². The molecule has 0 radical (unpaired) electrons. The Bertz CT molecular complexity index is 1310. The van der Waals surface area contributed by atoms with Crippen LogP contribution in [0.25, 0.3) is 10.9 Å². The van der Waals surface area contributed by atoms with Crippen molar-refractivity contribution in [3.63, 3.8) is 0 Å². The van der Waals surface area contributed by atoms with E-state index in [1.165, 1.54) is 11.3 Å². The first-order valence-corrected chi connectivity index (χ1v) is 12.8. The van der Waals surface area contributed by atoms with Crippen molar-refractivity contribution in [3.8, 4) is 0 Å². The molecule has 3 aromatic rings. The number of nitrogen functional groups attached to an aromatic ring is 1. The molecule has 2 aliphatic rings. The lowest BCUT2D eigenvalue weighted by molar-refractivity contribution is -0.137. The van der Waals surface area contributed by atoms with Gasteiger partial charge in [0.15, 0.2) is 0 Å². The normalized spacial score (nSPS) is 17.7. The lowest BCUT2D eigenvalue weighted by atomic mass is 10.0. The van der Waals surface area contributed by atoms with Crippen LogP contribution in [0.1, 0.15) is 48.3 Å². The van der Waals surface area contributed by atoms with Crippen LogP contribution in [-0.4, -0.2) is 47.1 Å². The van der Waals surface area contributed by atoms with Crippen LogP contribution >= 0.6 is 0 Å². The zero-order valence-electron chi connectivity index (χ0n) is 21.3. The highest BCUT2D eigenvalue weighted by atomic mass is 19.4. The van der Waals surface area contributed by atoms with E-state index in [1.807, 2.05) is 19.9 Å². The molecule has 0 amide bonds. The maximum Gasteiger partial charge on any atom is 0.416 e. The van der Waals surface area contributed by atoms with Gasteiger partial charge in [0, 0.05) is 49.0 Å². The number of alkyl halides is 3. The highest BCUT2D eigenvalue weighted by Crippen LogP contribution is 2.38. The second-order valence-corrected chi connectivity index (χ2v) is 10.1. The zero-order chi connectivity index (χ0) is 26.3. The first-order chi connectivity index (χ1) is 17.6. The standard InChI is InChI=1S/C28H33F3N6/c1-4-8-36-9-6-23(7-10-36)37-11-5-19-14-25-24(16-26(19)37)27(35-18(3)34-25)33-17(2)20-12-21(28(29,30)31)15-22(32)13-20/h4,12-17,23H,1,5-11,32H2,2-3H3,(H,33,34,35)/t17-/m1/s1. The summed E-state index contributed by atoms with van der Waals surface area (Å²) in [5.41, 5.74) is 8.91. The second kappa shape index (κ2) is 9.85. The number of halogens is 3. The Morgan fingerprint density at radius 1 is 1.14 bits per heavy atom. The fourth-order valence-corrected chi connectivity index (χ4v) is 5.62. The monoisotopic (exact) mass is 510 g/mol. The summed E-state index contributed by atoms with van der Waals surface area (Å²) in [6.45, 7) is 11.5. The second-order valence-electron chi connectivity index (χ2n) is 10.1. The molecule has 0 unspecified atom stereocenters. The summed E-state index contributed by atoms with van der Waals surface area (Å²) in [6.07, 6.45) is 0.685. The van der Waals surface area contributed by atoms with E-state index in [-0.39, 0.29) is 5.69 Å².